The molecule has 112 valence electrons. The molecule has 1 fully saturated rings. The smallest absolute Gasteiger partial charge is 0.265 e. The van der Waals surface area contributed by atoms with Crippen LogP contribution in [-0.2, 0) is 0 Å². The van der Waals surface area contributed by atoms with Crippen molar-refractivity contribution in [2.45, 2.75) is 12.8 Å². The average molecular weight is 328 g/mol. The zero-order valence-electron chi connectivity index (χ0n) is 11.3. The van der Waals surface area contributed by atoms with Gasteiger partial charge in [-0.15, -0.1) is 11.3 Å². The van der Waals surface area contributed by atoms with E-state index in [-0.39, 0.29) is 24.2 Å². The fourth-order valence-electron chi connectivity index (χ4n) is 2.72. The van der Waals surface area contributed by atoms with Crippen LogP contribution in [-0.4, -0.2) is 35.6 Å². The highest BCUT2D eigenvalue weighted by atomic mass is 35.5. The van der Waals surface area contributed by atoms with Gasteiger partial charge in [0.15, 0.2) is 0 Å². The Kier molecular flexibility index (Phi) is 4.15. The maximum Gasteiger partial charge on any atom is 0.265 e. The van der Waals surface area contributed by atoms with Crippen molar-refractivity contribution in [3.05, 3.63) is 33.9 Å². The zero-order chi connectivity index (χ0) is 15.0. The van der Waals surface area contributed by atoms with Crippen LogP contribution in [0.2, 0.25) is 5.02 Å². The van der Waals surface area contributed by atoms with Gasteiger partial charge in [-0.05, 0) is 37.0 Å². The lowest BCUT2D eigenvalue weighted by Gasteiger charge is -2.31. The fraction of sp³-hybridized carbons (Fsp3) is 0.400. The SMILES string of the molecule is O=C(c1sc2cc(F)ccc2c1Cl)N1CCCC(CO)C1. The van der Waals surface area contributed by atoms with Crippen LogP contribution in [0.5, 0.6) is 0 Å². The summed E-state index contributed by atoms with van der Waals surface area (Å²) in [6, 6.07) is 4.35. The van der Waals surface area contributed by atoms with Gasteiger partial charge in [0.25, 0.3) is 5.91 Å². The van der Waals surface area contributed by atoms with Crippen LogP contribution in [0.25, 0.3) is 10.1 Å². The number of aliphatic hydroxyl groups is 1. The van der Waals surface area contributed by atoms with E-state index < -0.39 is 0 Å². The summed E-state index contributed by atoms with van der Waals surface area (Å²) < 4.78 is 14.0. The lowest BCUT2D eigenvalue weighted by molar-refractivity contribution is 0.0625. The second-order valence-corrected chi connectivity index (χ2v) is 6.76. The Hall–Kier alpha value is -1.17. The van der Waals surface area contributed by atoms with Crippen molar-refractivity contribution in [1.82, 2.24) is 4.90 Å². The highest BCUT2D eigenvalue weighted by Crippen LogP contribution is 2.37. The van der Waals surface area contributed by atoms with Gasteiger partial charge in [0.05, 0.1) is 5.02 Å². The molecule has 21 heavy (non-hydrogen) atoms. The number of aliphatic hydroxyl groups excluding tert-OH is 1. The molecule has 0 saturated carbocycles. The fourth-order valence-corrected chi connectivity index (χ4v) is 4.22. The van der Waals surface area contributed by atoms with Crippen LogP contribution in [0.1, 0.15) is 22.5 Å². The van der Waals surface area contributed by atoms with Gasteiger partial charge in [-0.1, -0.05) is 11.6 Å². The number of carbonyl (C=O) groups excluding carboxylic acids is 1. The van der Waals surface area contributed by atoms with E-state index in [2.05, 4.69) is 0 Å². The summed E-state index contributed by atoms with van der Waals surface area (Å²) in [5.41, 5.74) is 0. The summed E-state index contributed by atoms with van der Waals surface area (Å²) in [6.45, 7) is 1.32. The van der Waals surface area contributed by atoms with E-state index in [9.17, 15) is 14.3 Å². The average Bonchev–Trinajstić information content (AvgIpc) is 2.83. The number of likely N-dealkylation sites (tertiary alicyclic amines) is 1. The third-order valence-electron chi connectivity index (χ3n) is 3.85. The van der Waals surface area contributed by atoms with E-state index in [0.717, 1.165) is 12.8 Å². The molecule has 1 saturated heterocycles. The summed E-state index contributed by atoms with van der Waals surface area (Å²) in [7, 11) is 0. The summed E-state index contributed by atoms with van der Waals surface area (Å²) in [6.07, 6.45) is 1.82. The van der Waals surface area contributed by atoms with E-state index in [1.807, 2.05) is 0 Å². The van der Waals surface area contributed by atoms with Crippen molar-refractivity contribution < 1.29 is 14.3 Å². The van der Waals surface area contributed by atoms with E-state index in [0.29, 0.717) is 33.1 Å². The van der Waals surface area contributed by atoms with E-state index in [1.165, 1.54) is 23.5 Å². The first-order valence-electron chi connectivity index (χ1n) is 6.88. The molecule has 1 amide bonds. The number of rotatable bonds is 2. The van der Waals surface area contributed by atoms with Crippen LogP contribution in [0.15, 0.2) is 18.2 Å². The van der Waals surface area contributed by atoms with Gasteiger partial charge < -0.3 is 10.0 Å². The number of fused-ring (bicyclic) bond motifs is 1. The molecule has 0 aliphatic carbocycles. The molecule has 1 N–H and O–H groups in total. The number of benzene rings is 1. The molecule has 1 aromatic carbocycles. The highest BCUT2D eigenvalue weighted by Gasteiger charge is 2.27. The topological polar surface area (TPSA) is 40.5 Å². The van der Waals surface area contributed by atoms with Crippen molar-refractivity contribution >= 4 is 38.9 Å². The second-order valence-electron chi connectivity index (χ2n) is 5.33. The summed E-state index contributed by atoms with van der Waals surface area (Å²) >= 11 is 7.51. The Morgan fingerprint density at radius 3 is 3.10 bits per heavy atom. The minimum atomic E-state index is -0.335. The number of hydrogen-bond acceptors (Lipinski definition) is 3. The van der Waals surface area contributed by atoms with Crippen LogP contribution in [0.3, 0.4) is 0 Å². The quantitative estimate of drug-likeness (QED) is 0.916. The lowest BCUT2D eigenvalue weighted by atomic mass is 9.99. The minimum Gasteiger partial charge on any atom is -0.396 e. The Morgan fingerprint density at radius 1 is 1.52 bits per heavy atom. The third-order valence-corrected chi connectivity index (χ3v) is 5.50. The van der Waals surface area contributed by atoms with Crippen LogP contribution < -0.4 is 0 Å². The third kappa shape index (κ3) is 2.78. The molecule has 0 radical (unpaired) electrons. The van der Waals surface area contributed by atoms with Crippen molar-refractivity contribution in [2.75, 3.05) is 19.7 Å². The predicted octanol–water partition coefficient (Wildman–Crippen LogP) is 3.54. The predicted molar refractivity (Wildman–Crippen MR) is 82.5 cm³/mol. The van der Waals surface area contributed by atoms with Gasteiger partial charge in [0.1, 0.15) is 10.7 Å². The maximum atomic E-state index is 13.3. The number of piperidine rings is 1. The van der Waals surface area contributed by atoms with Crippen LogP contribution in [0, 0.1) is 11.7 Å². The molecule has 2 aromatic rings. The number of thiophene rings is 1. The van der Waals surface area contributed by atoms with Gasteiger partial charge in [0.2, 0.25) is 0 Å². The van der Waals surface area contributed by atoms with Crippen molar-refractivity contribution in [1.29, 1.82) is 0 Å². The molecule has 1 aliphatic rings. The lowest BCUT2D eigenvalue weighted by Crippen LogP contribution is -2.40. The first kappa shape index (κ1) is 14.8. The molecule has 0 spiro atoms. The van der Waals surface area contributed by atoms with Crippen LogP contribution >= 0.6 is 22.9 Å². The molecular formula is C15H15ClFNO2S. The maximum absolute atomic E-state index is 13.3. The Labute approximate surface area is 130 Å². The molecule has 6 heteroatoms. The molecule has 1 unspecified atom stereocenters. The molecule has 0 bridgehead atoms. The number of amides is 1. The van der Waals surface area contributed by atoms with Gasteiger partial charge in [-0.25, -0.2) is 4.39 Å². The monoisotopic (exact) mass is 327 g/mol. The Balaban J connectivity index is 1.92. The Bertz CT molecular complexity index is 688. The zero-order valence-corrected chi connectivity index (χ0v) is 12.9. The molecule has 1 aromatic heterocycles. The van der Waals surface area contributed by atoms with Gasteiger partial charge in [-0.3, -0.25) is 4.79 Å². The van der Waals surface area contributed by atoms with E-state index in [1.54, 1.807) is 11.0 Å². The van der Waals surface area contributed by atoms with Crippen LogP contribution in [0.4, 0.5) is 4.39 Å². The Morgan fingerprint density at radius 2 is 2.33 bits per heavy atom. The summed E-state index contributed by atoms with van der Waals surface area (Å²) in [5, 5.41) is 10.4. The number of carbonyl (C=O) groups is 1. The normalized spacial score (nSPS) is 19.2. The van der Waals surface area contributed by atoms with Crippen molar-refractivity contribution in [2.24, 2.45) is 5.92 Å². The largest absolute Gasteiger partial charge is 0.396 e. The standard InChI is InChI=1S/C15H15ClFNO2S/c16-13-11-4-3-10(17)6-12(11)21-14(13)15(20)18-5-1-2-9(7-18)8-19/h3-4,6,9,19H,1-2,5,7-8H2. The number of halogens is 2. The number of hydrogen-bond donors (Lipinski definition) is 1. The van der Waals surface area contributed by atoms with Gasteiger partial charge >= 0.3 is 0 Å². The molecule has 1 atom stereocenters. The number of nitrogens with zero attached hydrogens (tertiary/aromatic N) is 1. The molecule has 1 aliphatic heterocycles. The van der Waals surface area contributed by atoms with Crippen molar-refractivity contribution in [3.63, 3.8) is 0 Å². The summed E-state index contributed by atoms with van der Waals surface area (Å²) in [5.74, 6) is -0.328. The molecule has 3 rings (SSSR count). The van der Waals surface area contributed by atoms with E-state index >= 15 is 0 Å². The van der Waals surface area contributed by atoms with Crippen molar-refractivity contribution in [3.8, 4) is 0 Å². The van der Waals surface area contributed by atoms with E-state index in [4.69, 9.17) is 11.6 Å². The summed E-state index contributed by atoms with van der Waals surface area (Å²) in [4.78, 5) is 14.8. The molecule has 2 heterocycles. The first-order valence-corrected chi connectivity index (χ1v) is 8.07. The second kappa shape index (κ2) is 5.91. The van der Waals surface area contributed by atoms with Gasteiger partial charge in [0, 0.05) is 29.8 Å². The molecule has 3 nitrogen and oxygen atoms in total. The minimum absolute atomic E-state index is 0.0924. The van der Waals surface area contributed by atoms with Gasteiger partial charge in [-0.2, -0.15) is 0 Å². The molecular weight excluding hydrogens is 313 g/mol. The highest BCUT2D eigenvalue weighted by molar-refractivity contribution is 7.21. The first-order chi connectivity index (χ1) is 10.1.